The number of rotatable bonds is 5. The van der Waals surface area contributed by atoms with E-state index in [0.717, 1.165) is 25.8 Å². The highest BCUT2D eigenvalue weighted by atomic mass is 16.2. The summed E-state index contributed by atoms with van der Waals surface area (Å²) in [5.41, 5.74) is -0.687. The van der Waals surface area contributed by atoms with E-state index in [4.69, 9.17) is 0 Å². The fourth-order valence-electron chi connectivity index (χ4n) is 3.58. The quantitative estimate of drug-likeness (QED) is 0.792. The van der Waals surface area contributed by atoms with Gasteiger partial charge in [-0.2, -0.15) is 0 Å². The van der Waals surface area contributed by atoms with Gasteiger partial charge < -0.3 is 10.2 Å². The Labute approximate surface area is 128 Å². The first-order valence-corrected chi connectivity index (χ1v) is 8.36. The summed E-state index contributed by atoms with van der Waals surface area (Å²) in [5.74, 6) is 0.631. The Morgan fingerprint density at radius 3 is 2.48 bits per heavy atom. The van der Waals surface area contributed by atoms with Gasteiger partial charge in [-0.05, 0) is 44.4 Å². The molecule has 1 aliphatic heterocycles. The van der Waals surface area contributed by atoms with Gasteiger partial charge in [0.1, 0.15) is 11.6 Å². The molecule has 4 nitrogen and oxygen atoms in total. The van der Waals surface area contributed by atoms with E-state index < -0.39 is 5.54 Å². The van der Waals surface area contributed by atoms with Crippen LogP contribution in [-0.2, 0) is 9.59 Å². The molecule has 0 aromatic heterocycles. The van der Waals surface area contributed by atoms with Crippen molar-refractivity contribution >= 4 is 11.8 Å². The maximum atomic E-state index is 13.0. The van der Waals surface area contributed by atoms with Crippen molar-refractivity contribution in [3.05, 3.63) is 12.2 Å². The Hall–Kier alpha value is -1.32. The van der Waals surface area contributed by atoms with Gasteiger partial charge in [-0.1, -0.05) is 32.9 Å². The van der Waals surface area contributed by atoms with Gasteiger partial charge >= 0.3 is 0 Å². The van der Waals surface area contributed by atoms with E-state index >= 15 is 0 Å². The zero-order valence-electron chi connectivity index (χ0n) is 13.5. The Balaban J connectivity index is 2.22. The van der Waals surface area contributed by atoms with Crippen LogP contribution in [0, 0.1) is 5.92 Å². The highest BCUT2D eigenvalue weighted by Crippen LogP contribution is 2.29. The fraction of sp³-hybridized carbons (Fsp3) is 0.765. The monoisotopic (exact) mass is 292 g/mol. The van der Waals surface area contributed by atoms with Crippen molar-refractivity contribution < 1.29 is 9.59 Å². The maximum Gasteiger partial charge on any atom is 0.248 e. The SMILES string of the molecule is CCC1C(=O)NC(CC)(CC)C(=O)N1CC1CC=CCC1. The number of piperazine rings is 1. The first-order valence-electron chi connectivity index (χ1n) is 8.36. The van der Waals surface area contributed by atoms with E-state index in [1.807, 2.05) is 25.7 Å². The van der Waals surface area contributed by atoms with Crippen molar-refractivity contribution in [1.29, 1.82) is 0 Å². The molecule has 4 heteroatoms. The van der Waals surface area contributed by atoms with Crippen LogP contribution in [0.3, 0.4) is 0 Å². The van der Waals surface area contributed by atoms with Crippen LogP contribution >= 0.6 is 0 Å². The van der Waals surface area contributed by atoms with Crippen LogP contribution in [0.1, 0.15) is 59.3 Å². The van der Waals surface area contributed by atoms with Gasteiger partial charge in [0.25, 0.3) is 0 Å². The highest BCUT2D eigenvalue weighted by Gasteiger charge is 2.48. The third-order valence-electron chi connectivity index (χ3n) is 5.14. The lowest BCUT2D eigenvalue weighted by molar-refractivity contribution is -0.156. The molecule has 1 N–H and O–H groups in total. The Morgan fingerprint density at radius 1 is 1.24 bits per heavy atom. The first-order chi connectivity index (χ1) is 10.1. The molecule has 2 amide bonds. The van der Waals surface area contributed by atoms with Gasteiger partial charge in [-0.3, -0.25) is 9.59 Å². The molecule has 0 aromatic rings. The molecular weight excluding hydrogens is 264 g/mol. The summed E-state index contributed by atoms with van der Waals surface area (Å²) in [5, 5.41) is 3.00. The number of hydrogen-bond acceptors (Lipinski definition) is 2. The molecule has 0 radical (unpaired) electrons. The van der Waals surface area contributed by atoms with E-state index in [9.17, 15) is 9.59 Å². The van der Waals surface area contributed by atoms with E-state index in [1.165, 1.54) is 0 Å². The maximum absolute atomic E-state index is 13.0. The van der Waals surface area contributed by atoms with Crippen LogP contribution in [0.4, 0.5) is 0 Å². The van der Waals surface area contributed by atoms with Gasteiger partial charge in [-0.15, -0.1) is 0 Å². The second kappa shape index (κ2) is 6.63. The van der Waals surface area contributed by atoms with E-state index in [0.29, 0.717) is 25.2 Å². The highest BCUT2D eigenvalue weighted by molar-refractivity contribution is 5.99. The number of hydrogen-bond donors (Lipinski definition) is 1. The van der Waals surface area contributed by atoms with Crippen LogP contribution in [-0.4, -0.2) is 34.8 Å². The molecule has 0 spiro atoms. The van der Waals surface area contributed by atoms with Crippen molar-refractivity contribution in [2.75, 3.05) is 6.54 Å². The minimum absolute atomic E-state index is 0.0205. The predicted molar refractivity (Wildman–Crippen MR) is 83.7 cm³/mol. The minimum Gasteiger partial charge on any atom is -0.340 e. The number of nitrogens with zero attached hydrogens (tertiary/aromatic N) is 1. The summed E-state index contributed by atoms with van der Waals surface area (Å²) in [6.07, 6.45) is 9.64. The Morgan fingerprint density at radius 2 is 1.95 bits per heavy atom. The molecule has 2 unspecified atom stereocenters. The summed E-state index contributed by atoms with van der Waals surface area (Å²) in [7, 11) is 0. The normalized spacial score (nSPS) is 28.6. The third kappa shape index (κ3) is 2.99. The van der Waals surface area contributed by atoms with Crippen molar-refractivity contribution in [3.8, 4) is 0 Å². The molecule has 21 heavy (non-hydrogen) atoms. The second-order valence-corrected chi connectivity index (χ2v) is 6.31. The molecule has 2 rings (SSSR count). The molecule has 1 saturated heterocycles. The second-order valence-electron chi connectivity index (χ2n) is 6.31. The van der Waals surface area contributed by atoms with Crippen molar-refractivity contribution in [2.24, 2.45) is 5.92 Å². The van der Waals surface area contributed by atoms with E-state index in [2.05, 4.69) is 17.5 Å². The minimum atomic E-state index is -0.687. The lowest BCUT2D eigenvalue weighted by Crippen LogP contribution is -2.70. The van der Waals surface area contributed by atoms with Crippen LogP contribution in [0.2, 0.25) is 0 Å². The van der Waals surface area contributed by atoms with E-state index in [-0.39, 0.29) is 17.9 Å². The van der Waals surface area contributed by atoms with Crippen LogP contribution in [0.15, 0.2) is 12.2 Å². The van der Waals surface area contributed by atoms with Crippen molar-refractivity contribution in [2.45, 2.75) is 70.9 Å². The van der Waals surface area contributed by atoms with E-state index in [1.54, 1.807) is 0 Å². The number of amides is 2. The third-order valence-corrected chi connectivity index (χ3v) is 5.14. The number of allylic oxidation sites excluding steroid dienone is 2. The average Bonchev–Trinajstić information content (AvgIpc) is 2.52. The number of carbonyl (C=O) groups is 2. The van der Waals surface area contributed by atoms with Crippen LogP contribution in [0.25, 0.3) is 0 Å². The summed E-state index contributed by atoms with van der Waals surface area (Å²) >= 11 is 0. The molecule has 2 aliphatic rings. The average molecular weight is 292 g/mol. The largest absolute Gasteiger partial charge is 0.340 e. The van der Waals surface area contributed by atoms with Crippen LogP contribution in [0.5, 0.6) is 0 Å². The molecule has 118 valence electrons. The van der Waals surface area contributed by atoms with Crippen molar-refractivity contribution in [1.82, 2.24) is 10.2 Å². The van der Waals surface area contributed by atoms with Gasteiger partial charge in [0.15, 0.2) is 0 Å². The zero-order chi connectivity index (χ0) is 15.5. The molecule has 1 aliphatic carbocycles. The summed E-state index contributed by atoms with van der Waals surface area (Å²) < 4.78 is 0. The van der Waals surface area contributed by atoms with Gasteiger partial charge in [0.05, 0.1) is 0 Å². The summed E-state index contributed by atoms with van der Waals surface area (Å²) in [4.78, 5) is 27.3. The number of carbonyl (C=O) groups excluding carboxylic acids is 2. The number of nitrogens with one attached hydrogen (secondary N) is 1. The van der Waals surface area contributed by atoms with Crippen LogP contribution < -0.4 is 5.32 Å². The molecule has 0 bridgehead atoms. The molecule has 0 aromatic carbocycles. The fourth-order valence-corrected chi connectivity index (χ4v) is 3.58. The smallest absolute Gasteiger partial charge is 0.248 e. The van der Waals surface area contributed by atoms with Gasteiger partial charge in [0.2, 0.25) is 11.8 Å². The first kappa shape index (κ1) is 16.1. The summed E-state index contributed by atoms with van der Waals surface area (Å²) in [6, 6.07) is -0.297. The zero-order valence-corrected chi connectivity index (χ0v) is 13.5. The molecule has 0 saturated carbocycles. The van der Waals surface area contributed by atoms with Gasteiger partial charge in [0, 0.05) is 6.54 Å². The molecular formula is C17H28N2O2. The Bertz CT molecular complexity index is 427. The topological polar surface area (TPSA) is 49.4 Å². The van der Waals surface area contributed by atoms with Crippen molar-refractivity contribution in [3.63, 3.8) is 0 Å². The lowest BCUT2D eigenvalue weighted by atomic mass is 9.85. The standard InChI is InChI=1S/C17H28N2O2/c1-4-14-15(20)18-17(5-2,6-3)16(21)19(14)12-13-10-8-7-9-11-13/h7-8,13-14H,4-6,9-12H2,1-3H3,(H,18,20). The lowest BCUT2D eigenvalue weighted by Gasteiger charge is -2.46. The Kier molecular flexibility index (Phi) is 5.07. The molecule has 2 atom stereocenters. The molecule has 1 heterocycles. The predicted octanol–water partition coefficient (Wildman–Crippen LogP) is 2.64. The summed E-state index contributed by atoms with van der Waals surface area (Å²) in [6.45, 7) is 6.66. The van der Waals surface area contributed by atoms with Gasteiger partial charge in [-0.25, -0.2) is 0 Å². The molecule has 1 fully saturated rings.